The summed E-state index contributed by atoms with van der Waals surface area (Å²) in [6, 6.07) is 6.31. The summed E-state index contributed by atoms with van der Waals surface area (Å²) in [5, 5.41) is 0. The third-order valence-electron chi connectivity index (χ3n) is 2.33. The Morgan fingerprint density at radius 2 is 1.69 bits per heavy atom. The molecule has 0 unspecified atom stereocenters. The number of benzene rings is 1. The Labute approximate surface area is 107 Å². The maximum Gasteiger partial charge on any atom is 0.120 e. The van der Waals surface area contributed by atoms with Crippen LogP contribution in [0.3, 0.4) is 0 Å². The SMILES string of the molecule is CCc1cc(CC)cc(OCC=C(Cl)Cl)c1. The molecule has 0 N–H and O–H groups in total. The molecule has 0 radical (unpaired) electrons. The van der Waals surface area contributed by atoms with E-state index in [-0.39, 0.29) is 4.49 Å². The van der Waals surface area contributed by atoms with E-state index < -0.39 is 0 Å². The van der Waals surface area contributed by atoms with E-state index in [4.69, 9.17) is 27.9 Å². The third kappa shape index (κ3) is 4.46. The molecule has 0 aliphatic heterocycles. The summed E-state index contributed by atoms with van der Waals surface area (Å²) in [7, 11) is 0. The number of ether oxygens (including phenoxy) is 1. The topological polar surface area (TPSA) is 9.23 Å². The van der Waals surface area contributed by atoms with Crippen LogP contribution in [0.1, 0.15) is 25.0 Å². The van der Waals surface area contributed by atoms with E-state index in [0.717, 1.165) is 18.6 Å². The Balaban J connectivity index is 2.75. The van der Waals surface area contributed by atoms with Gasteiger partial charge in [0.2, 0.25) is 0 Å². The Kier molecular flexibility index (Phi) is 5.72. The highest BCUT2D eigenvalue weighted by molar-refractivity contribution is 6.55. The van der Waals surface area contributed by atoms with Gasteiger partial charge in [0.1, 0.15) is 16.8 Å². The molecular weight excluding hydrogens is 243 g/mol. The van der Waals surface area contributed by atoms with E-state index in [9.17, 15) is 0 Å². The molecule has 0 saturated carbocycles. The van der Waals surface area contributed by atoms with Crippen LogP contribution in [0.4, 0.5) is 0 Å². The van der Waals surface area contributed by atoms with Crippen LogP contribution >= 0.6 is 23.2 Å². The normalized spacial score (nSPS) is 10.0. The molecule has 16 heavy (non-hydrogen) atoms. The van der Waals surface area contributed by atoms with Crippen LogP contribution in [0, 0.1) is 0 Å². The molecule has 0 bridgehead atoms. The van der Waals surface area contributed by atoms with Crippen molar-refractivity contribution in [3.8, 4) is 5.75 Å². The van der Waals surface area contributed by atoms with E-state index in [0.29, 0.717) is 6.61 Å². The molecule has 0 atom stereocenters. The van der Waals surface area contributed by atoms with Crippen molar-refractivity contribution in [2.45, 2.75) is 26.7 Å². The molecule has 3 heteroatoms. The van der Waals surface area contributed by atoms with Crippen molar-refractivity contribution in [1.82, 2.24) is 0 Å². The first kappa shape index (κ1) is 13.4. The number of aryl methyl sites for hydroxylation is 2. The van der Waals surface area contributed by atoms with Gasteiger partial charge in [0, 0.05) is 0 Å². The highest BCUT2D eigenvalue weighted by Crippen LogP contribution is 2.18. The van der Waals surface area contributed by atoms with Gasteiger partial charge in [-0.25, -0.2) is 0 Å². The highest BCUT2D eigenvalue weighted by Gasteiger charge is 1.99. The molecule has 1 rings (SSSR count). The Hall–Kier alpha value is -0.660. The molecule has 0 heterocycles. The zero-order chi connectivity index (χ0) is 12.0. The first-order chi connectivity index (χ1) is 7.65. The van der Waals surface area contributed by atoms with Crippen LogP contribution in [0.5, 0.6) is 5.75 Å². The molecule has 0 saturated heterocycles. The Bertz CT molecular complexity index is 346. The molecule has 88 valence electrons. The molecule has 0 aromatic heterocycles. The molecule has 0 fully saturated rings. The molecule has 0 amide bonds. The van der Waals surface area contributed by atoms with Gasteiger partial charge in [0.15, 0.2) is 0 Å². The zero-order valence-electron chi connectivity index (χ0n) is 9.59. The van der Waals surface area contributed by atoms with Crippen LogP contribution in [-0.2, 0) is 12.8 Å². The predicted molar refractivity (Wildman–Crippen MR) is 70.5 cm³/mol. The van der Waals surface area contributed by atoms with E-state index in [1.807, 2.05) is 0 Å². The van der Waals surface area contributed by atoms with Crippen molar-refractivity contribution >= 4 is 23.2 Å². The predicted octanol–water partition coefficient (Wildman–Crippen LogP) is 4.51. The van der Waals surface area contributed by atoms with Crippen molar-refractivity contribution < 1.29 is 4.74 Å². The minimum Gasteiger partial charge on any atom is -0.489 e. The van der Waals surface area contributed by atoms with E-state index >= 15 is 0 Å². The Morgan fingerprint density at radius 3 is 2.12 bits per heavy atom. The van der Waals surface area contributed by atoms with Gasteiger partial charge in [0.05, 0.1) is 0 Å². The minimum atomic E-state index is 0.238. The lowest BCUT2D eigenvalue weighted by Gasteiger charge is -2.08. The van der Waals surface area contributed by atoms with Crippen molar-refractivity contribution in [3.05, 3.63) is 39.9 Å². The highest BCUT2D eigenvalue weighted by atomic mass is 35.5. The molecule has 0 spiro atoms. The number of hydrogen-bond acceptors (Lipinski definition) is 1. The van der Waals surface area contributed by atoms with Crippen LogP contribution < -0.4 is 4.74 Å². The zero-order valence-corrected chi connectivity index (χ0v) is 11.1. The monoisotopic (exact) mass is 258 g/mol. The second kappa shape index (κ2) is 6.82. The second-order valence-corrected chi connectivity index (χ2v) is 4.50. The summed E-state index contributed by atoms with van der Waals surface area (Å²) in [6.45, 7) is 4.67. The van der Waals surface area contributed by atoms with Crippen molar-refractivity contribution in [2.24, 2.45) is 0 Å². The molecular formula is C13H16Cl2O. The largest absolute Gasteiger partial charge is 0.489 e. The summed E-state index contributed by atoms with van der Waals surface area (Å²) >= 11 is 11.0. The van der Waals surface area contributed by atoms with E-state index in [2.05, 4.69) is 32.0 Å². The van der Waals surface area contributed by atoms with E-state index in [1.54, 1.807) is 6.08 Å². The summed E-state index contributed by atoms with van der Waals surface area (Å²) in [5.41, 5.74) is 2.57. The average molecular weight is 259 g/mol. The third-order valence-corrected chi connectivity index (χ3v) is 2.64. The van der Waals surface area contributed by atoms with Gasteiger partial charge in [0.25, 0.3) is 0 Å². The summed E-state index contributed by atoms with van der Waals surface area (Å²) in [4.78, 5) is 0. The van der Waals surface area contributed by atoms with Gasteiger partial charge < -0.3 is 4.74 Å². The first-order valence-electron chi connectivity index (χ1n) is 5.42. The first-order valence-corrected chi connectivity index (χ1v) is 6.18. The number of rotatable bonds is 5. The molecule has 1 nitrogen and oxygen atoms in total. The van der Waals surface area contributed by atoms with E-state index in [1.165, 1.54) is 11.1 Å². The van der Waals surface area contributed by atoms with Crippen molar-refractivity contribution in [1.29, 1.82) is 0 Å². The van der Waals surface area contributed by atoms with Gasteiger partial charge in [-0.05, 0) is 42.2 Å². The van der Waals surface area contributed by atoms with Crippen molar-refractivity contribution in [3.63, 3.8) is 0 Å². The lowest BCUT2D eigenvalue weighted by molar-refractivity contribution is 0.362. The number of halogens is 2. The lowest BCUT2D eigenvalue weighted by atomic mass is 10.1. The van der Waals surface area contributed by atoms with Crippen LogP contribution in [0.2, 0.25) is 0 Å². The van der Waals surface area contributed by atoms with Gasteiger partial charge >= 0.3 is 0 Å². The van der Waals surface area contributed by atoms with Crippen LogP contribution in [0.15, 0.2) is 28.8 Å². The second-order valence-electron chi connectivity index (χ2n) is 3.50. The molecule has 0 aliphatic carbocycles. The molecule has 1 aromatic carbocycles. The van der Waals surface area contributed by atoms with Gasteiger partial charge in [-0.3, -0.25) is 0 Å². The summed E-state index contributed by atoms with van der Waals surface area (Å²) in [5.74, 6) is 0.877. The maximum atomic E-state index is 5.56. The summed E-state index contributed by atoms with van der Waals surface area (Å²) in [6.07, 6.45) is 3.65. The number of hydrogen-bond donors (Lipinski definition) is 0. The van der Waals surface area contributed by atoms with Crippen LogP contribution in [0.25, 0.3) is 0 Å². The van der Waals surface area contributed by atoms with Gasteiger partial charge in [-0.2, -0.15) is 0 Å². The maximum absolute atomic E-state index is 5.56. The van der Waals surface area contributed by atoms with Gasteiger partial charge in [-0.15, -0.1) is 0 Å². The van der Waals surface area contributed by atoms with Gasteiger partial charge in [-0.1, -0.05) is 43.1 Å². The fourth-order valence-electron chi connectivity index (χ4n) is 1.42. The fraction of sp³-hybridized carbons (Fsp3) is 0.385. The standard InChI is InChI=1S/C13H16Cl2O/c1-3-10-7-11(4-2)9-12(8-10)16-6-5-13(14)15/h5,7-9H,3-4,6H2,1-2H3. The smallest absolute Gasteiger partial charge is 0.120 e. The lowest BCUT2D eigenvalue weighted by Crippen LogP contribution is -1.96. The minimum absolute atomic E-state index is 0.238. The molecule has 1 aromatic rings. The fourth-order valence-corrected chi connectivity index (χ4v) is 1.55. The van der Waals surface area contributed by atoms with Crippen LogP contribution in [-0.4, -0.2) is 6.61 Å². The summed E-state index contributed by atoms with van der Waals surface area (Å²) < 4.78 is 5.79. The average Bonchev–Trinajstić information content (AvgIpc) is 2.28. The Morgan fingerprint density at radius 1 is 1.12 bits per heavy atom. The van der Waals surface area contributed by atoms with Crippen molar-refractivity contribution in [2.75, 3.05) is 6.61 Å². The quantitative estimate of drug-likeness (QED) is 0.756. The molecule has 0 aliphatic rings.